The zero-order chi connectivity index (χ0) is 10.8. The SMILES string of the molecule is NCc1nc(-c2ccc(F)cc2O)no1. The maximum absolute atomic E-state index is 12.7. The standard InChI is InChI=1S/C9H8FN3O2/c10-5-1-2-6(7(14)3-5)9-12-8(4-11)15-13-9/h1-3,14H,4,11H2. The van der Waals surface area contributed by atoms with E-state index in [0.29, 0.717) is 5.56 Å². The predicted molar refractivity (Wildman–Crippen MR) is 49.2 cm³/mol. The van der Waals surface area contributed by atoms with E-state index in [1.165, 1.54) is 12.1 Å². The lowest BCUT2D eigenvalue weighted by Crippen LogP contribution is -1.95. The van der Waals surface area contributed by atoms with Crippen LogP contribution in [0.1, 0.15) is 5.89 Å². The second-order valence-electron chi connectivity index (χ2n) is 2.88. The Morgan fingerprint density at radius 3 is 2.87 bits per heavy atom. The lowest BCUT2D eigenvalue weighted by molar-refractivity contribution is 0.380. The van der Waals surface area contributed by atoms with Gasteiger partial charge in [0.25, 0.3) is 0 Å². The Morgan fingerprint density at radius 2 is 2.27 bits per heavy atom. The first-order valence-corrected chi connectivity index (χ1v) is 4.22. The topological polar surface area (TPSA) is 85.2 Å². The summed E-state index contributed by atoms with van der Waals surface area (Å²) >= 11 is 0. The van der Waals surface area contributed by atoms with Crippen LogP contribution in [0.15, 0.2) is 22.7 Å². The predicted octanol–water partition coefficient (Wildman–Crippen LogP) is 1.04. The molecule has 15 heavy (non-hydrogen) atoms. The minimum absolute atomic E-state index is 0.120. The van der Waals surface area contributed by atoms with Crippen molar-refractivity contribution in [1.29, 1.82) is 0 Å². The molecule has 0 unspecified atom stereocenters. The van der Waals surface area contributed by atoms with Crippen molar-refractivity contribution in [2.45, 2.75) is 6.54 Å². The number of aromatic hydroxyl groups is 1. The fourth-order valence-electron chi connectivity index (χ4n) is 1.14. The minimum atomic E-state index is -0.529. The summed E-state index contributed by atoms with van der Waals surface area (Å²) in [6, 6.07) is 3.55. The Labute approximate surface area is 84.3 Å². The summed E-state index contributed by atoms with van der Waals surface area (Å²) in [4.78, 5) is 3.90. The quantitative estimate of drug-likeness (QED) is 0.771. The van der Waals surface area contributed by atoms with E-state index in [0.717, 1.165) is 6.07 Å². The van der Waals surface area contributed by atoms with E-state index < -0.39 is 5.82 Å². The highest BCUT2D eigenvalue weighted by Crippen LogP contribution is 2.27. The third-order valence-corrected chi connectivity index (χ3v) is 1.84. The number of halogens is 1. The first-order chi connectivity index (χ1) is 7.20. The molecule has 0 radical (unpaired) electrons. The van der Waals surface area contributed by atoms with Crippen molar-refractivity contribution in [2.75, 3.05) is 0 Å². The van der Waals surface area contributed by atoms with Crippen LogP contribution in [0.25, 0.3) is 11.4 Å². The zero-order valence-electron chi connectivity index (χ0n) is 7.64. The number of nitrogens with zero attached hydrogens (tertiary/aromatic N) is 2. The minimum Gasteiger partial charge on any atom is -0.507 e. The maximum atomic E-state index is 12.7. The second kappa shape index (κ2) is 3.66. The van der Waals surface area contributed by atoms with E-state index in [1.54, 1.807) is 0 Å². The number of hydrogen-bond acceptors (Lipinski definition) is 5. The molecule has 5 nitrogen and oxygen atoms in total. The number of nitrogens with two attached hydrogens (primary N) is 1. The molecule has 0 spiro atoms. The van der Waals surface area contributed by atoms with E-state index in [-0.39, 0.29) is 24.0 Å². The van der Waals surface area contributed by atoms with Crippen LogP contribution in [-0.2, 0) is 6.54 Å². The Kier molecular flexibility index (Phi) is 2.34. The van der Waals surface area contributed by atoms with Gasteiger partial charge >= 0.3 is 0 Å². The van der Waals surface area contributed by atoms with Crippen molar-refractivity contribution < 1.29 is 14.0 Å². The van der Waals surface area contributed by atoms with Crippen LogP contribution in [0.3, 0.4) is 0 Å². The van der Waals surface area contributed by atoms with Crippen molar-refractivity contribution >= 4 is 0 Å². The van der Waals surface area contributed by atoms with Gasteiger partial charge in [-0.1, -0.05) is 5.16 Å². The molecule has 1 aromatic heterocycles. The molecule has 1 heterocycles. The highest BCUT2D eigenvalue weighted by atomic mass is 19.1. The van der Waals surface area contributed by atoms with Crippen LogP contribution >= 0.6 is 0 Å². The van der Waals surface area contributed by atoms with Gasteiger partial charge in [-0.3, -0.25) is 0 Å². The molecule has 0 amide bonds. The highest BCUT2D eigenvalue weighted by Gasteiger charge is 2.11. The van der Waals surface area contributed by atoms with Crippen molar-refractivity contribution in [3.8, 4) is 17.1 Å². The molecule has 1 aromatic carbocycles. The number of aromatic nitrogens is 2. The van der Waals surface area contributed by atoms with Crippen LogP contribution < -0.4 is 5.73 Å². The molecule has 0 saturated heterocycles. The fraction of sp³-hybridized carbons (Fsp3) is 0.111. The average Bonchev–Trinajstić information content (AvgIpc) is 2.66. The third-order valence-electron chi connectivity index (χ3n) is 1.84. The molecular weight excluding hydrogens is 201 g/mol. The molecule has 3 N–H and O–H groups in total. The lowest BCUT2D eigenvalue weighted by Gasteiger charge is -1.98. The summed E-state index contributed by atoms with van der Waals surface area (Å²) in [6.07, 6.45) is 0. The summed E-state index contributed by atoms with van der Waals surface area (Å²) in [7, 11) is 0. The third kappa shape index (κ3) is 1.79. The van der Waals surface area contributed by atoms with Gasteiger partial charge in [-0.15, -0.1) is 0 Å². The van der Waals surface area contributed by atoms with E-state index in [9.17, 15) is 9.50 Å². The zero-order valence-corrected chi connectivity index (χ0v) is 7.64. The van der Waals surface area contributed by atoms with Gasteiger partial charge in [0, 0.05) is 6.07 Å². The van der Waals surface area contributed by atoms with Gasteiger partial charge < -0.3 is 15.4 Å². The summed E-state index contributed by atoms with van der Waals surface area (Å²) < 4.78 is 17.5. The van der Waals surface area contributed by atoms with Crippen LogP contribution in [0.4, 0.5) is 4.39 Å². The molecular formula is C9H8FN3O2. The number of phenols is 1. The first kappa shape index (κ1) is 9.60. The van der Waals surface area contributed by atoms with Crippen LogP contribution in [0.5, 0.6) is 5.75 Å². The molecule has 2 rings (SSSR count). The van der Waals surface area contributed by atoms with E-state index in [1.807, 2.05) is 0 Å². The molecule has 0 aliphatic carbocycles. The van der Waals surface area contributed by atoms with Gasteiger partial charge in [0.1, 0.15) is 11.6 Å². The number of phenolic OH excluding ortho intramolecular Hbond substituents is 1. The number of benzene rings is 1. The molecule has 0 aliphatic heterocycles. The average molecular weight is 209 g/mol. The van der Waals surface area contributed by atoms with Gasteiger partial charge in [-0.05, 0) is 12.1 Å². The van der Waals surface area contributed by atoms with Crippen molar-refractivity contribution in [3.63, 3.8) is 0 Å². The largest absolute Gasteiger partial charge is 0.507 e. The Morgan fingerprint density at radius 1 is 1.47 bits per heavy atom. The normalized spacial score (nSPS) is 10.5. The Balaban J connectivity index is 2.44. The van der Waals surface area contributed by atoms with Gasteiger partial charge in [0.05, 0.1) is 12.1 Å². The molecule has 0 atom stereocenters. The summed E-state index contributed by atoms with van der Waals surface area (Å²) in [6.45, 7) is 0.120. The van der Waals surface area contributed by atoms with Crippen molar-refractivity contribution in [1.82, 2.24) is 10.1 Å². The van der Waals surface area contributed by atoms with Crippen molar-refractivity contribution in [2.24, 2.45) is 5.73 Å². The molecule has 6 heteroatoms. The maximum Gasteiger partial charge on any atom is 0.240 e. The summed E-state index contributed by atoms with van der Waals surface area (Å²) in [5.41, 5.74) is 5.59. The van der Waals surface area contributed by atoms with Gasteiger partial charge in [-0.25, -0.2) is 4.39 Å². The van der Waals surface area contributed by atoms with E-state index >= 15 is 0 Å². The van der Waals surface area contributed by atoms with Gasteiger partial charge in [-0.2, -0.15) is 4.98 Å². The fourth-order valence-corrected chi connectivity index (χ4v) is 1.14. The van der Waals surface area contributed by atoms with Crippen molar-refractivity contribution in [3.05, 3.63) is 29.9 Å². The molecule has 0 aliphatic rings. The molecule has 2 aromatic rings. The first-order valence-electron chi connectivity index (χ1n) is 4.22. The smallest absolute Gasteiger partial charge is 0.240 e. The van der Waals surface area contributed by atoms with Gasteiger partial charge in [0.2, 0.25) is 11.7 Å². The molecule has 78 valence electrons. The van der Waals surface area contributed by atoms with Crippen LogP contribution in [0, 0.1) is 5.82 Å². The Bertz CT molecular complexity index is 484. The molecule has 0 bridgehead atoms. The molecule has 0 fully saturated rings. The van der Waals surface area contributed by atoms with Crippen LogP contribution in [0.2, 0.25) is 0 Å². The van der Waals surface area contributed by atoms with Gasteiger partial charge in [0.15, 0.2) is 0 Å². The highest BCUT2D eigenvalue weighted by molar-refractivity contribution is 5.62. The summed E-state index contributed by atoms with van der Waals surface area (Å²) in [5, 5.41) is 13.0. The Hall–Kier alpha value is -1.95. The van der Waals surface area contributed by atoms with E-state index in [4.69, 9.17) is 10.3 Å². The molecule has 0 saturated carbocycles. The van der Waals surface area contributed by atoms with Crippen LogP contribution in [-0.4, -0.2) is 15.2 Å². The van der Waals surface area contributed by atoms with E-state index in [2.05, 4.69) is 10.1 Å². The lowest BCUT2D eigenvalue weighted by atomic mass is 10.2. The summed E-state index contributed by atoms with van der Waals surface area (Å²) in [5.74, 6) is -0.320. The number of hydrogen-bond donors (Lipinski definition) is 2. The monoisotopic (exact) mass is 209 g/mol. The second-order valence-corrected chi connectivity index (χ2v) is 2.88. The number of rotatable bonds is 2.